The number of nitrogens with zero attached hydrogens (tertiary/aromatic N) is 3. The SMILES string of the molecule is CC1(C)CC1c1nnc2n1-c1ccccc1SC2. The van der Waals surface area contributed by atoms with Gasteiger partial charge in [-0.2, -0.15) is 0 Å². The van der Waals surface area contributed by atoms with Gasteiger partial charge in [0, 0.05) is 10.8 Å². The first-order valence-electron chi connectivity index (χ1n) is 6.33. The van der Waals surface area contributed by atoms with Gasteiger partial charge in [0.15, 0.2) is 0 Å². The topological polar surface area (TPSA) is 30.7 Å². The molecule has 3 nitrogen and oxygen atoms in total. The zero-order valence-electron chi connectivity index (χ0n) is 10.6. The molecule has 0 N–H and O–H groups in total. The Labute approximate surface area is 111 Å². The van der Waals surface area contributed by atoms with E-state index in [1.54, 1.807) is 0 Å². The molecule has 1 aliphatic carbocycles. The highest BCUT2D eigenvalue weighted by Gasteiger charge is 2.50. The van der Waals surface area contributed by atoms with Crippen LogP contribution in [0.3, 0.4) is 0 Å². The number of para-hydroxylation sites is 1. The van der Waals surface area contributed by atoms with Crippen molar-refractivity contribution in [1.29, 1.82) is 0 Å². The van der Waals surface area contributed by atoms with Crippen molar-refractivity contribution >= 4 is 11.8 Å². The van der Waals surface area contributed by atoms with Crippen molar-refractivity contribution in [2.75, 3.05) is 0 Å². The third-order valence-corrected chi connectivity index (χ3v) is 5.10. The highest BCUT2D eigenvalue weighted by molar-refractivity contribution is 7.98. The van der Waals surface area contributed by atoms with Gasteiger partial charge in [0.2, 0.25) is 0 Å². The molecule has 1 fully saturated rings. The molecule has 92 valence electrons. The molecule has 1 aromatic heterocycles. The van der Waals surface area contributed by atoms with Crippen molar-refractivity contribution in [3.05, 3.63) is 35.9 Å². The fourth-order valence-electron chi connectivity index (χ4n) is 2.73. The monoisotopic (exact) mass is 257 g/mol. The molecule has 1 aliphatic heterocycles. The van der Waals surface area contributed by atoms with Gasteiger partial charge in [0.25, 0.3) is 0 Å². The molecule has 0 radical (unpaired) electrons. The molecular formula is C14H15N3S. The quantitative estimate of drug-likeness (QED) is 0.784. The van der Waals surface area contributed by atoms with Gasteiger partial charge >= 0.3 is 0 Å². The van der Waals surface area contributed by atoms with E-state index in [0.29, 0.717) is 11.3 Å². The van der Waals surface area contributed by atoms with Crippen LogP contribution in [0.2, 0.25) is 0 Å². The molecule has 1 unspecified atom stereocenters. The van der Waals surface area contributed by atoms with Crippen molar-refractivity contribution in [3.63, 3.8) is 0 Å². The highest BCUT2D eigenvalue weighted by Crippen LogP contribution is 2.58. The van der Waals surface area contributed by atoms with E-state index in [1.807, 2.05) is 11.8 Å². The second kappa shape index (κ2) is 3.38. The van der Waals surface area contributed by atoms with E-state index in [-0.39, 0.29) is 0 Å². The Balaban J connectivity index is 1.90. The van der Waals surface area contributed by atoms with Gasteiger partial charge in [0.1, 0.15) is 11.6 Å². The third kappa shape index (κ3) is 1.38. The summed E-state index contributed by atoms with van der Waals surface area (Å²) in [6.45, 7) is 4.62. The molecule has 1 aromatic carbocycles. The van der Waals surface area contributed by atoms with Gasteiger partial charge in [-0.3, -0.25) is 4.57 Å². The van der Waals surface area contributed by atoms with E-state index in [9.17, 15) is 0 Å². The van der Waals surface area contributed by atoms with Crippen molar-refractivity contribution in [1.82, 2.24) is 14.8 Å². The van der Waals surface area contributed by atoms with Crippen LogP contribution in [0.5, 0.6) is 0 Å². The Hall–Kier alpha value is -1.29. The molecule has 4 rings (SSSR count). The van der Waals surface area contributed by atoms with Gasteiger partial charge in [-0.05, 0) is 24.0 Å². The van der Waals surface area contributed by atoms with Crippen LogP contribution in [-0.2, 0) is 5.75 Å². The van der Waals surface area contributed by atoms with E-state index in [4.69, 9.17) is 0 Å². The molecule has 1 atom stereocenters. The second-order valence-corrected chi connectivity index (χ2v) is 6.83. The Morgan fingerprint density at radius 3 is 2.83 bits per heavy atom. The average molecular weight is 257 g/mol. The van der Waals surface area contributed by atoms with Crippen molar-refractivity contribution in [3.8, 4) is 5.69 Å². The van der Waals surface area contributed by atoms with E-state index < -0.39 is 0 Å². The Morgan fingerprint density at radius 2 is 2.06 bits per heavy atom. The minimum atomic E-state index is 0.392. The maximum Gasteiger partial charge on any atom is 0.148 e. The molecule has 2 aromatic rings. The number of rotatable bonds is 1. The van der Waals surface area contributed by atoms with Crippen LogP contribution >= 0.6 is 11.8 Å². The summed E-state index contributed by atoms with van der Waals surface area (Å²) in [5.74, 6) is 3.74. The summed E-state index contributed by atoms with van der Waals surface area (Å²) < 4.78 is 2.28. The van der Waals surface area contributed by atoms with Gasteiger partial charge in [-0.25, -0.2) is 0 Å². The molecule has 0 spiro atoms. The third-order valence-electron chi connectivity index (χ3n) is 4.04. The lowest BCUT2D eigenvalue weighted by molar-refractivity contribution is 0.602. The lowest BCUT2D eigenvalue weighted by atomic mass is 10.1. The first-order valence-corrected chi connectivity index (χ1v) is 7.32. The maximum absolute atomic E-state index is 4.45. The van der Waals surface area contributed by atoms with Crippen LogP contribution in [0.15, 0.2) is 29.2 Å². The van der Waals surface area contributed by atoms with E-state index in [2.05, 4.69) is 52.9 Å². The normalized spacial score (nSPS) is 23.3. The molecule has 18 heavy (non-hydrogen) atoms. The van der Waals surface area contributed by atoms with Crippen LogP contribution in [-0.4, -0.2) is 14.8 Å². The fourth-order valence-corrected chi connectivity index (χ4v) is 3.68. The molecule has 0 saturated heterocycles. The molecule has 2 heterocycles. The summed E-state index contributed by atoms with van der Waals surface area (Å²) in [5, 5.41) is 8.83. The van der Waals surface area contributed by atoms with Crippen LogP contribution in [0.25, 0.3) is 5.69 Å². The summed E-state index contributed by atoms with van der Waals surface area (Å²) in [5.41, 5.74) is 1.65. The molecule has 4 heteroatoms. The highest BCUT2D eigenvalue weighted by atomic mass is 32.2. The van der Waals surface area contributed by atoms with Crippen molar-refractivity contribution in [2.45, 2.75) is 36.8 Å². The van der Waals surface area contributed by atoms with Crippen molar-refractivity contribution < 1.29 is 0 Å². The standard InChI is InChI=1S/C14H15N3S/c1-14(2)7-9(14)13-16-15-12-8-18-11-6-4-3-5-10(11)17(12)13/h3-6,9H,7-8H2,1-2H3. The first kappa shape index (κ1) is 10.6. The van der Waals surface area contributed by atoms with Crippen LogP contribution in [0, 0.1) is 5.41 Å². The minimum absolute atomic E-state index is 0.392. The number of benzene rings is 1. The van der Waals surface area contributed by atoms with Crippen LogP contribution < -0.4 is 0 Å². The summed E-state index contributed by atoms with van der Waals surface area (Å²) >= 11 is 1.85. The number of aromatic nitrogens is 3. The zero-order chi connectivity index (χ0) is 12.3. The van der Waals surface area contributed by atoms with E-state index >= 15 is 0 Å². The van der Waals surface area contributed by atoms with Gasteiger partial charge in [-0.1, -0.05) is 26.0 Å². The lowest BCUT2D eigenvalue weighted by Crippen LogP contribution is -2.10. The number of thioether (sulfide) groups is 1. The Morgan fingerprint density at radius 1 is 1.28 bits per heavy atom. The van der Waals surface area contributed by atoms with Crippen LogP contribution in [0.1, 0.15) is 37.8 Å². The number of fused-ring (bicyclic) bond motifs is 3. The maximum atomic E-state index is 4.45. The minimum Gasteiger partial charge on any atom is -0.281 e. The van der Waals surface area contributed by atoms with Crippen LogP contribution in [0.4, 0.5) is 0 Å². The van der Waals surface area contributed by atoms with Gasteiger partial charge in [0.05, 0.1) is 11.4 Å². The number of hydrogen-bond donors (Lipinski definition) is 0. The summed E-state index contributed by atoms with van der Waals surface area (Å²) in [6, 6.07) is 8.55. The zero-order valence-corrected chi connectivity index (χ0v) is 11.4. The molecule has 1 saturated carbocycles. The van der Waals surface area contributed by atoms with Crippen molar-refractivity contribution in [2.24, 2.45) is 5.41 Å². The summed E-state index contributed by atoms with van der Waals surface area (Å²) in [7, 11) is 0. The van der Waals surface area contributed by atoms with E-state index in [1.165, 1.54) is 17.0 Å². The molecule has 0 bridgehead atoms. The summed E-state index contributed by atoms with van der Waals surface area (Å²) in [6.07, 6.45) is 1.22. The largest absolute Gasteiger partial charge is 0.281 e. The predicted molar refractivity (Wildman–Crippen MR) is 72.1 cm³/mol. The predicted octanol–water partition coefficient (Wildman–Crippen LogP) is 3.39. The molecular weight excluding hydrogens is 242 g/mol. The molecule has 0 amide bonds. The Bertz CT molecular complexity index is 630. The lowest BCUT2D eigenvalue weighted by Gasteiger charge is -2.19. The summed E-state index contributed by atoms with van der Waals surface area (Å²) in [4.78, 5) is 1.34. The molecule has 2 aliphatic rings. The number of hydrogen-bond acceptors (Lipinski definition) is 3. The first-order chi connectivity index (χ1) is 8.67. The van der Waals surface area contributed by atoms with Gasteiger partial charge < -0.3 is 0 Å². The smallest absolute Gasteiger partial charge is 0.148 e. The average Bonchev–Trinajstić information content (AvgIpc) is 2.84. The second-order valence-electron chi connectivity index (χ2n) is 5.81. The Kier molecular flexibility index (Phi) is 1.99. The van der Waals surface area contributed by atoms with Gasteiger partial charge in [-0.15, -0.1) is 22.0 Å². The van der Waals surface area contributed by atoms with E-state index in [0.717, 1.165) is 17.4 Å². The fraction of sp³-hybridized carbons (Fsp3) is 0.429.